The molecule has 1 aliphatic carbocycles. The fourth-order valence-corrected chi connectivity index (χ4v) is 2.64. The molecule has 98 valence electrons. The maximum atomic E-state index is 12.0. The van der Waals surface area contributed by atoms with Gasteiger partial charge < -0.3 is 10.3 Å². The van der Waals surface area contributed by atoms with Gasteiger partial charge in [-0.3, -0.25) is 9.59 Å². The van der Waals surface area contributed by atoms with Gasteiger partial charge in [0.05, 0.1) is 0 Å². The van der Waals surface area contributed by atoms with Gasteiger partial charge in [0.15, 0.2) is 0 Å². The van der Waals surface area contributed by atoms with E-state index < -0.39 is 0 Å². The predicted octanol–water partition coefficient (Wildman–Crippen LogP) is 2.07. The van der Waals surface area contributed by atoms with Crippen molar-refractivity contribution in [2.75, 3.05) is 0 Å². The molecule has 0 aliphatic heterocycles. The molecule has 2 N–H and O–H groups in total. The molecule has 0 aromatic carbocycles. The molecule has 0 spiro atoms. The van der Waals surface area contributed by atoms with Crippen LogP contribution >= 0.6 is 0 Å². The first-order valence-corrected chi connectivity index (χ1v) is 6.69. The molecule has 18 heavy (non-hydrogen) atoms. The predicted molar refractivity (Wildman–Crippen MR) is 70.6 cm³/mol. The third-order valence-electron chi connectivity index (χ3n) is 3.71. The highest BCUT2D eigenvalue weighted by Crippen LogP contribution is 2.26. The lowest BCUT2D eigenvalue weighted by atomic mass is 9.84. The van der Waals surface area contributed by atoms with Crippen LogP contribution in [0.25, 0.3) is 0 Å². The summed E-state index contributed by atoms with van der Waals surface area (Å²) in [4.78, 5) is 25.7. The molecule has 2 atom stereocenters. The zero-order valence-electron chi connectivity index (χ0n) is 10.7. The van der Waals surface area contributed by atoms with Crippen LogP contribution in [0.1, 0.15) is 49.5 Å². The standard InChI is InChI=1S/C14H20N2O2/c1-2-10-5-3-6-11(9-10)15-14(18)12-7-4-8-13(17)16-12/h4,7-8,10-11H,2-3,5-6,9H2,1H3,(H,15,18)(H,16,17). The summed E-state index contributed by atoms with van der Waals surface area (Å²) in [6.07, 6.45) is 5.72. The number of hydrogen-bond donors (Lipinski definition) is 2. The van der Waals surface area contributed by atoms with Crippen molar-refractivity contribution in [2.45, 2.75) is 45.1 Å². The maximum absolute atomic E-state index is 12.0. The van der Waals surface area contributed by atoms with Crippen LogP contribution in [0.5, 0.6) is 0 Å². The summed E-state index contributed by atoms with van der Waals surface area (Å²) in [6, 6.07) is 4.89. The highest BCUT2D eigenvalue weighted by Gasteiger charge is 2.22. The summed E-state index contributed by atoms with van der Waals surface area (Å²) in [6.45, 7) is 2.20. The molecule has 1 aliphatic rings. The van der Waals surface area contributed by atoms with Gasteiger partial charge >= 0.3 is 0 Å². The third kappa shape index (κ3) is 3.22. The summed E-state index contributed by atoms with van der Waals surface area (Å²) in [5.74, 6) is 0.549. The molecule has 1 heterocycles. The van der Waals surface area contributed by atoms with Crippen molar-refractivity contribution in [3.63, 3.8) is 0 Å². The molecule has 0 bridgehead atoms. The molecule has 0 radical (unpaired) electrons. The Kier molecular flexibility index (Phi) is 4.18. The second-order valence-corrected chi connectivity index (χ2v) is 5.04. The van der Waals surface area contributed by atoms with E-state index in [0.717, 1.165) is 18.8 Å². The minimum absolute atomic E-state index is 0.172. The second kappa shape index (κ2) is 5.85. The Morgan fingerprint density at radius 2 is 2.28 bits per heavy atom. The number of carbonyl (C=O) groups is 1. The molecule has 4 nitrogen and oxygen atoms in total. The van der Waals surface area contributed by atoms with E-state index in [0.29, 0.717) is 5.69 Å². The lowest BCUT2D eigenvalue weighted by molar-refractivity contribution is 0.0914. The summed E-state index contributed by atoms with van der Waals surface area (Å²) < 4.78 is 0. The van der Waals surface area contributed by atoms with Crippen LogP contribution in [0.2, 0.25) is 0 Å². The minimum atomic E-state index is -0.238. The number of nitrogens with one attached hydrogen (secondary N) is 2. The number of hydrogen-bond acceptors (Lipinski definition) is 2. The molecule has 1 amide bonds. The van der Waals surface area contributed by atoms with Gasteiger partial charge in [0.25, 0.3) is 5.91 Å². The van der Waals surface area contributed by atoms with Gasteiger partial charge in [-0.2, -0.15) is 0 Å². The fraction of sp³-hybridized carbons (Fsp3) is 0.571. The first-order valence-electron chi connectivity index (χ1n) is 6.69. The summed E-state index contributed by atoms with van der Waals surface area (Å²) in [5.41, 5.74) is 0.110. The second-order valence-electron chi connectivity index (χ2n) is 5.04. The largest absolute Gasteiger partial charge is 0.348 e. The van der Waals surface area contributed by atoms with E-state index in [9.17, 15) is 9.59 Å². The van der Waals surface area contributed by atoms with E-state index in [-0.39, 0.29) is 17.5 Å². The van der Waals surface area contributed by atoms with Gasteiger partial charge in [-0.15, -0.1) is 0 Å². The average molecular weight is 248 g/mol. The van der Waals surface area contributed by atoms with E-state index in [1.54, 1.807) is 12.1 Å². The Morgan fingerprint density at radius 3 is 3.00 bits per heavy atom. The number of aromatic nitrogens is 1. The first kappa shape index (κ1) is 12.9. The van der Waals surface area contributed by atoms with Crippen molar-refractivity contribution < 1.29 is 4.79 Å². The molecule has 4 heteroatoms. The first-order chi connectivity index (χ1) is 8.69. The van der Waals surface area contributed by atoms with Crippen molar-refractivity contribution in [1.29, 1.82) is 0 Å². The number of aromatic amines is 1. The lowest BCUT2D eigenvalue weighted by Crippen LogP contribution is -2.39. The topological polar surface area (TPSA) is 62.0 Å². The van der Waals surface area contributed by atoms with Crippen molar-refractivity contribution in [3.05, 3.63) is 34.2 Å². The van der Waals surface area contributed by atoms with E-state index in [4.69, 9.17) is 0 Å². The van der Waals surface area contributed by atoms with Crippen molar-refractivity contribution >= 4 is 5.91 Å². The number of H-pyrrole nitrogens is 1. The number of amides is 1. The molecule has 1 fully saturated rings. The number of rotatable bonds is 3. The lowest BCUT2D eigenvalue weighted by Gasteiger charge is -2.29. The molecule has 1 aromatic rings. The van der Waals surface area contributed by atoms with E-state index in [1.165, 1.54) is 25.3 Å². The zero-order valence-corrected chi connectivity index (χ0v) is 10.7. The van der Waals surface area contributed by atoms with Crippen LogP contribution in [-0.2, 0) is 0 Å². The van der Waals surface area contributed by atoms with Gasteiger partial charge in [0.1, 0.15) is 5.69 Å². The Balaban J connectivity index is 1.97. The molecule has 1 saturated carbocycles. The fourth-order valence-electron chi connectivity index (χ4n) is 2.64. The smallest absolute Gasteiger partial charge is 0.268 e. The normalized spacial score (nSPS) is 23.6. The van der Waals surface area contributed by atoms with E-state index in [2.05, 4.69) is 17.2 Å². The molecule has 2 rings (SSSR count). The monoisotopic (exact) mass is 248 g/mol. The maximum Gasteiger partial charge on any atom is 0.268 e. The zero-order chi connectivity index (χ0) is 13.0. The summed E-state index contributed by atoms with van der Waals surface area (Å²) in [5, 5.41) is 3.02. The Morgan fingerprint density at radius 1 is 1.44 bits per heavy atom. The molecule has 1 aromatic heterocycles. The van der Waals surface area contributed by atoms with Crippen LogP contribution in [0.3, 0.4) is 0 Å². The quantitative estimate of drug-likeness (QED) is 0.860. The van der Waals surface area contributed by atoms with Crippen LogP contribution in [0.4, 0.5) is 0 Å². The van der Waals surface area contributed by atoms with Crippen LogP contribution < -0.4 is 10.9 Å². The molecule has 0 saturated heterocycles. The van der Waals surface area contributed by atoms with Gasteiger partial charge in [-0.1, -0.05) is 32.3 Å². The highest BCUT2D eigenvalue weighted by molar-refractivity contribution is 5.92. The Hall–Kier alpha value is -1.58. The van der Waals surface area contributed by atoms with Gasteiger partial charge in [0, 0.05) is 12.1 Å². The highest BCUT2D eigenvalue weighted by atomic mass is 16.2. The molecular weight excluding hydrogens is 228 g/mol. The number of pyridine rings is 1. The number of carbonyl (C=O) groups excluding carboxylic acids is 1. The van der Waals surface area contributed by atoms with Crippen molar-refractivity contribution in [1.82, 2.24) is 10.3 Å². The van der Waals surface area contributed by atoms with E-state index in [1.807, 2.05) is 0 Å². The van der Waals surface area contributed by atoms with Crippen LogP contribution in [-0.4, -0.2) is 16.9 Å². The van der Waals surface area contributed by atoms with Gasteiger partial charge in [-0.05, 0) is 24.8 Å². The molecular formula is C14H20N2O2. The van der Waals surface area contributed by atoms with Crippen LogP contribution in [0, 0.1) is 5.92 Å². The summed E-state index contributed by atoms with van der Waals surface area (Å²) in [7, 11) is 0. The van der Waals surface area contributed by atoms with Gasteiger partial charge in [-0.25, -0.2) is 0 Å². The van der Waals surface area contributed by atoms with Gasteiger partial charge in [0.2, 0.25) is 5.56 Å². The Bertz CT molecular complexity index is 467. The van der Waals surface area contributed by atoms with Crippen molar-refractivity contribution in [2.24, 2.45) is 5.92 Å². The SMILES string of the molecule is CCC1CCCC(NC(=O)c2cccc(=O)[nH]2)C1. The third-order valence-corrected chi connectivity index (χ3v) is 3.71. The minimum Gasteiger partial charge on any atom is -0.348 e. The summed E-state index contributed by atoms with van der Waals surface area (Å²) >= 11 is 0. The van der Waals surface area contributed by atoms with Crippen LogP contribution in [0.15, 0.2) is 23.0 Å². The van der Waals surface area contributed by atoms with E-state index >= 15 is 0 Å². The molecule has 2 unspecified atom stereocenters. The average Bonchev–Trinajstić information content (AvgIpc) is 2.39. The van der Waals surface area contributed by atoms with Crippen molar-refractivity contribution in [3.8, 4) is 0 Å². The Labute approximate surface area is 107 Å².